The third-order valence-corrected chi connectivity index (χ3v) is 7.62. The molecule has 5 N–H and O–H groups in total. The number of carbonyl (C=O) groups is 2. The Morgan fingerprint density at radius 3 is 2.30 bits per heavy atom. The monoisotopic (exact) mass is 635 g/mol. The van der Waals surface area contributed by atoms with Crippen LogP contribution in [0.1, 0.15) is 79.4 Å². The van der Waals surface area contributed by atoms with Crippen molar-refractivity contribution in [3.05, 3.63) is 88.5 Å². The summed E-state index contributed by atoms with van der Waals surface area (Å²) >= 11 is 0. The number of nitrogens with one attached hydrogen (secondary N) is 2. The first-order valence-corrected chi connectivity index (χ1v) is 16.0. The summed E-state index contributed by atoms with van der Waals surface area (Å²) in [5.41, 5.74) is 4.99. The Balaban J connectivity index is 1.26. The minimum absolute atomic E-state index is 0.0295. The maximum Gasteiger partial charge on any atom is 0.359 e. The Morgan fingerprint density at radius 1 is 0.891 bits per heavy atom. The molecule has 3 aromatic carbocycles. The molecule has 3 rings (SSSR count). The first-order chi connectivity index (χ1) is 22.2. The highest BCUT2D eigenvalue weighted by molar-refractivity contribution is 6.02. The molecule has 10 nitrogen and oxygen atoms in total. The number of urea groups is 1. The summed E-state index contributed by atoms with van der Waals surface area (Å²) in [7, 11) is 0. The lowest BCUT2D eigenvalue weighted by molar-refractivity contribution is -0.141. The average Bonchev–Trinajstić information content (AvgIpc) is 3.02. The van der Waals surface area contributed by atoms with Gasteiger partial charge in [0.2, 0.25) is 0 Å². The van der Waals surface area contributed by atoms with Crippen LogP contribution in [0.2, 0.25) is 0 Å². The van der Waals surface area contributed by atoms with E-state index < -0.39 is 18.1 Å². The maximum atomic E-state index is 13.1. The summed E-state index contributed by atoms with van der Waals surface area (Å²) in [4.78, 5) is 30.2. The summed E-state index contributed by atoms with van der Waals surface area (Å²) in [5.74, 6) is -0.553. The molecule has 0 saturated carbocycles. The van der Waals surface area contributed by atoms with Crippen molar-refractivity contribution in [1.29, 1.82) is 0 Å². The molecule has 2 amide bonds. The van der Waals surface area contributed by atoms with E-state index in [-0.39, 0.29) is 12.4 Å². The molecule has 250 valence electrons. The van der Waals surface area contributed by atoms with Crippen LogP contribution in [0.5, 0.6) is 5.75 Å². The summed E-state index contributed by atoms with van der Waals surface area (Å²) in [6, 6.07) is 17.5. The number of hydrogen-bond donors (Lipinski definition) is 5. The van der Waals surface area contributed by atoms with Crippen molar-refractivity contribution in [2.24, 2.45) is 0 Å². The third kappa shape index (κ3) is 12.1. The molecular formula is C36H49N3O7. The lowest BCUT2D eigenvalue weighted by atomic mass is 10.1. The largest absolute Gasteiger partial charge is 0.508 e. The van der Waals surface area contributed by atoms with Gasteiger partial charge in [-0.3, -0.25) is 0 Å². The first-order valence-electron chi connectivity index (χ1n) is 16.0. The van der Waals surface area contributed by atoms with Crippen molar-refractivity contribution >= 4 is 23.4 Å². The topological polar surface area (TPSA) is 141 Å². The number of aryl methyl sites for hydroxylation is 3. The zero-order chi connectivity index (χ0) is 33.3. The normalized spacial score (nSPS) is 11.7. The molecule has 0 spiro atoms. The van der Waals surface area contributed by atoms with Crippen LogP contribution >= 0.6 is 0 Å². The number of amides is 2. The van der Waals surface area contributed by atoms with Crippen LogP contribution in [0, 0.1) is 13.8 Å². The summed E-state index contributed by atoms with van der Waals surface area (Å²) in [6.45, 7) is 7.40. The smallest absolute Gasteiger partial charge is 0.359 e. The van der Waals surface area contributed by atoms with E-state index in [1.807, 2.05) is 56.3 Å². The fraction of sp³-hybridized carbons (Fsp3) is 0.444. The van der Waals surface area contributed by atoms with E-state index in [2.05, 4.69) is 10.6 Å². The van der Waals surface area contributed by atoms with Gasteiger partial charge < -0.3 is 35.5 Å². The number of aliphatic hydroxyl groups excluding tert-OH is 2. The number of benzene rings is 3. The maximum absolute atomic E-state index is 13.1. The molecule has 0 aliphatic rings. The van der Waals surface area contributed by atoms with Crippen LogP contribution in [0.3, 0.4) is 0 Å². The van der Waals surface area contributed by atoms with Crippen molar-refractivity contribution < 1.29 is 34.5 Å². The van der Waals surface area contributed by atoms with Gasteiger partial charge in [0, 0.05) is 37.9 Å². The molecule has 46 heavy (non-hydrogen) atoms. The number of ether oxygens (including phenoxy) is 1. The highest BCUT2D eigenvalue weighted by Gasteiger charge is 2.23. The molecular weight excluding hydrogens is 586 g/mol. The van der Waals surface area contributed by atoms with Crippen LogP contribution in [0.15, 0.2) is 60.7 Å². The number of phenols is 1. The third-order valence-electron chi connectivity index (χ3n) is 7.62. The molecule has 3 aromatic rings. The number of aromatic hydroxyl groups is 1. The molecule has 0 aromatic heterocycles. The van der Waals surface area contributed by atoms with Crippen molar-refractivity contribution in [2.75, 3.05) is 36.7 Å². The SMILES string of the molecule is CC(=O)ON(C(=O)Nc1cccc(CCCCOCCCCCCNC[C@@H](O)c2ccc(O)c(CO)c2)c1)c1c(C)cccc1C. The van der Waals surface area contributed by atoms with E-state index in [4.69, 9.17) is 9.57 Å². The lowest BCUT2D eigenvalue weighted by Crippen LogP contribution is -2.37. The minimum Gasteiger partial charge on any atom is -0.508 e. The van der Waals surface area contributed by atoms with Gasteiger partial charge in [-0.05, 0) is 99.0 Å². The van der Waals surface area contributed by atoms with Gasteiger partial charge in [-0.15, -0.1) is 5.06 Å². The molecule has 1 atom stereocenters. The van der Waals surface area contributed by atoms with Gasteiger partial charge in [-0.25, -0.2) is 9.59 Å². The molecule has 0 saturated heterocycles. The predicted molar refractivity (Wildman–Crippen MR) is 180 cm³/mol. The van der Waals surface area contributed by atoms with Crippen LogP contribution in [0.4, 0.5) is 16.2 Å². The standard InChI is InChI=1S/C36H49N3O7/c1-26-12-10-13-27(2)35(26)39(46-28(3)41)36(44)38-32-16-11-15-29(22-32)14-6-9-21-45-20-8-5-4-7-19-37-24-34(43)30-17-18-33(42)31(23-30)25-40/h10-13,15-18,22-23,34,37,40,42-43H,4-9,14,19-21,24-25H2,1-3H3,(H,38,44)/t34-/m1/s1. The first kappa shape index (κ1) is 36.5. The fourth-order valence-electron chi connectivity index (χ4n) is 5.16. The van der Waals surface area contributed by atoms with Crippen LogP contribution in [-0.4, -0.2) is 53.6 Å². The van der Waals surface area contributed by atoms with E-state index in [9.17, 15) is 24.9 Å². The molecule has 0 aliphatic carbocycles. The molecule has 0 fully saturated rings. The van der Waals surface area contributed by atoms with Crippen LogP contribution < -0.4 is 15.7 Å². The van der Waals surface area contributed by atoms with Crippen molar-refractivity contribution in [1.82, 2.24) is 5.32 Å². The summed E-state index contributed by atoms with van der Waals surface area (Å²) < 4.78 is 5.81. The number of hydroxylamine groups is 1. The van der Waals surface area contributed by atoms with Crippen LogP contribution in [0.25, 0.3) is 0 Å². The van der Waals surface area contributed by atoms with Crippen molar-refractivity contribution in [3.63, 3.8) is 0 Å². The second-order valence-corrected chi connectivity index (χ2v) is 11.5. The van der Waals surface area contributed by atoms with E-state index in [0.717, 1.165) is 79.9 Å². The van der Waals surface area contributed by atoms with Gasteiger partial charge in [0.25, 0.3) is 0 Å². The Hall–Kier alpha value is -3.96. The Kier molecular flexibility index (Phi) is 15.5. The molecule has 0 heterocycles. The summed E-state index contributed by atoms with van der Waals surface area (Å²) in [6.07, 6.45) is 6.25. The van der Waals surface area contributed by atoms with Gasteiger partial charge in [0.1, 0.15) is 5.75 Å². The van der Waals surface area contributed by atoms with Crippen molar-refractivity contribution in [2.45, 2.75) is 78.4 Å². The number of para-hydroxylation sites is 1. The van der Waals surface area contributed by atoms with Gasteiger partial charge in [0.15, 0.2) is 0 Å². The highest BCUT2D eigenvalue weighted by atomic mass is 16.7. The molecule has 0 aliphatic heterocycles. The van der Waals surface area contributed by atoms with Gasteiger partial charge in [-0.2, -0.15) is 0 Å². The molecule has 0 radical (unpaired) electrons. The Bertz CT molecular complexity index is 1380. The zero-order valence-electron chi connectivity index (χ0n) is 27.3. The number of unbranched alkanes of at least 4 members (excludes halogenated alkanes) is 4. The highest BCUT2D eigenvalue weighted by Crippen LogP contribution is 2.26. The summed E-state index contributed by atoms with van der Waals surface area (Å²) in [5, 5.41) is 36.4. The molecule has 0 bridgehead atoms. The second kappa shape index (κ2) is 19.5. The number of anilines is 2. The van der Waals surface area contributed by atoms with E-state index in [1.165, 1.54) is 13.0 Å². The predicted octanol–water partition coefficient (Wildman–Crippen LogP) is 6.24. The number of rotatable bonds is 18. The van der Waals surface area contributed by atoms with Gasteiger partial charge >= 0.3 is 12.0 Å². The number of carbonyl (C=O) groups excluding carboxylic acids is 2. The van der Waals surface area contributed by atoms with Crippen LogP contribution in [-0.2, 0) is 27.4 Å². The van der Waals surface area contributed by atoms with E-state index in [0.29, 0.717) is 35.7 Å². The number of hydrogen-bond acceptors (Lipinski definition) is 8. The fourth-order valence-corrected chi connectivity index (χ4v) is 5.16. The Labute approximate surface area is 272 Å². The molecule has 10 heteroatoms. The van der Waals surface area contributed by atoms with E-state index in [1.54, 1.807) is 12.1 Å². The zero-order valence-corrected chi connectivity index (χ0v) is 27.3. The quantitative estimate of drug-likeness (QED) is 0.0817. The minimum atomic E-state index is -0.692. The average molecular weight is 636 g/mol. The number of aliphatic hydroxyl groups is 2. The number of nitrogens with zero attached hydrogens (tertiary/aromatic N) is 1. The van der Waals surface area contributed by atoms with E-state index >= 15 is 0 Å². The van der Waals surface area contributed by atoms with Crippen molar-refractivity contribution in [3.8, 4) is 5.75 Å². The Morgan fingerprint density at radius 2 is 1.59 bits per heavy atom. The second-order valence-electron chi connectivity index (χ2n) is 11.5. The lowest BCUT2D eigenvalue weighted by Gasteiger charge is -2.24. The van der Waals surface area contributed by atoms with Gasteiger partial charge in [0.05, 0.1) is 18.4 Å². The molecule has 0 unspecified atom stereocenters. The van der Waals surface area contributed by atoms with Gasteiger partial charge in [-0.1, -0.05) is 49.2 Å².